The van der Waals surface area contributed by atoms with Gasteiger partial charge in [-0.25, -0.2) is 0 Å². The summed E-state index contributed by atoms with van der Waals surface area (Å²) in [5.41, 5.74) is 1.30. The Labute approximate surface area is 122 Å². The fourth-order valence-corrected chi connectivity index (χ4v) is 3.68. The van der Waals surface area contributed by atoms with Gasteiger partial charge in [0.05, 0.1) is 0 Å². The molecule has 0 aromatic heterocycles. The minimum atomic E-state index is 0.851. The van der Waals surface area contributed by atoms with Gasteiger partial charge in [-0.05, 0) is 44.6 Å². The molecule has 1 fully saturated rings. The van der Waals surface area contributed by atoms with Gasteiger partial charge in [0, 0.05) is 16.7 Å². The number of benzene rings is 1. The Morgan fingerprint density at radius 3 is 2.42 bits per heavy atom. The average molecular weight is 275 g/mol. The largest absolute Gasteiger partial charge is 0.306 e. The van der Waals surface area contributed by atoms with E-state index in [0.717, 1.165) is 11.8 Å². The summed E-state index contributed by atoms with van der Waals surface area (Å²) in [6, 6.07) is 9.01. The second-order valence-corrected chi connectivity index (χ2v) is 6.99. The van der Waals surface area contributed by atoms with Crippen molar-refractivity contribution in [3.8, 4) is 0 Å². The predicted molar refractivity (Wildman–Crippen MR) is 86.8 cm³/mol. The Kier molecular flexibility index (Phi) is 5.99. The van der Waals surface area contributed by atoms with Gasteiger partial charge >= 0.3 is 0 Å². The molecular formula is C17H25NS. The molecule has 0 radical (unpaired) electrons. The summed E-state index contributed by atoms with van der Waals surface area (Å²) < 4.78 is 0. The lowest BCUT2D eigenvalue weighted by molar-refractivity contribution is 0.457. The lowest BCUT2D eigenvalue weighted by atomic mass is 10.0. The molecule has 1 aliphatic rings. The van der Waals surface area contributed by atoms with Crippen molar-refractivity contribution in [1.29, 1.82) is 0 Å². The number of thioether (sulfide) groups is 1. The zero-order chi connectivity index (χ0) is 13.5. The Bertz CT molecular complexity index is 388. The molecule has 104 valence electrons. The molecule has 0 spiro atoms. The van der Waals surface area contributed by atoms with Crippen molar-refractivity contribution in [3.05, 3.63) is 35.9 Å². The highest BCUT2D eigenvalue weighted by molar-refractivity contribution is 8.00. The molecule has 19 heavy (non-hydrogen) atoms. The SMILES string of the molecule is CN(C)CC=Cc1ccc(SC2CCCCC2)cc1. The van der Waals surface area contributed by atoms with E-state index in [1.807, 2.05) is 0 Å². The third-order valence-corrected chi connectivity index (χ3v) is 4.86. The molecule has 0 N–H and O–H groups in total. The van der Waals surface area contributed by atoms with Crippen LogP contribution in [0.4, 0.5) is 0 Å². The van der Waals surface area contributed by atoms with Crippen molar-refractivity contribution in [1.82, 2.24) is 4.90 Å². The van der Waals surface area contributed by atoms with Crippen LogP contribution >= 0.6 is 11.8 Å². The van der Waals surface area contributed by atoms with E-state index in [1.165, 1.54) is 42.6 Å². The van der Waals surface area contributed by atoms with Crippen LogP contribution in [0.5, 0.6) is 0 Å². The standard InChI is InChI=1S/C17H25NS/c1-18(2)14-6-7-15-10-12-17(13-11-15)19-16-8-4-3-5-9-16/h6-7,10-13,16H,3-5,8-9,14H2,1-2H3. The zero-order valence-electron chi connectivity index (χ0n) is 12.1. The molecule has 1 nitrogen and oxygen atoms in total. The topological polar surface area (TPSA) is 3.24 Å². The van der Waals surface area contributed by atoms with E-state index >= 15 is 0 Å². The number of likely N-dealkylation sites (N-methyl/N-ethyl adjacent to an activating group) is 1. The fraction of sp³-hybridized carbons (Fsp3) is 0.529. The minimum Gasteiger partial charge on any atom is -0.306 e. The Morgan fingerprint density at radius 2 is 1.79 bits per heavy atom. The van der Waals surface area contributed by atoms with Crippen LogP contribution in [0.3, 0.4) is 0 Å². The van der Waals surface area contributed by atoms with Crippen molar-refractivity contribution < 1.29 is 0 Å². The summed E-state index contributed by atoms with van der Waals surface area (Å²) in [6.45, 7) is 0.999. The highest BCUT2D eigenvalue weighted by Crippen LogP contribution is 2.33. The third kappa shape index (κ3) is 5.42. The third-order valence-electron chi connectivity index (χ3n) is 3.52. The van der Waals surface area contributed by atoms with E-state index < -0.39 is 0 Å². The van der Waals surface area contributed by atoms with Crippen molar-refractivity contribution in [2.24, 2.45) is 0 Å². The van der Waals surface area contributed by atoms with E-state index in [1.54, 1.807) is 0 Å². The Hall–Kier alpha value is -0.730. The number of hydrogen-bond acceptors (Lipinski definition) is 2. The number of rotatable bonds is 5. The van der Waals surface area contributed by atoms with Crippen molar-refractivity contribution in [2.45, 2.75) is 42.2 Å². The molecule has 0 bridgehead atoms. The first kappa shape index (κ1) is 14.7. The second-order valence-electron chi connectivity index (χ2n) is 5.61. The summed E-state index contributed by atoms with van der Waals surface area (Å²) >= 11 is 2.07. The van der Waals surface area contributed by atoms with Crippen LogP contribution < -0.4 is 0 Å². The normalized spacial score (nSPS) is 17.4. The highest BCUT2D eigenvalue weighted by Gasteiger charge is 2.14. The molecule has 0 atom stereocenters. The average Bonchev–Trinajstić information content (AvgIpc) is 2.42. The van der Waals surface area contributed by atoms with Gasteiger partial charge in [-0.2, -0.15) is 0 Å². The van der Waals surface area contributed by atoms with Crippen molar-refractivity contribution in [2.75, 3.05) is 20.6 Å². The molecule has 2 heteroatoms. The number of hydrogen-bond donors (Lipinski definition) is 0. The summed E-state index contributed by atoms with van der Waals surface area (Å²) in [7, 11) is 4.18. The van der Waals surface area contributed by atoms with Gasteiger partial charge in [0.15, 0.2) is 0 Å². The van der Waals surface area contributed by atoms with Crippen molar-refractivity contribution >= 4 is 17.8 Å². The monoisotopic (exact) mass is 275 g/mol. The van der Waals surface area contributed by atoms with Crippen molar-refractivity contribution in [3.63, 3.8) is 0 Å². The molecule has 1 aromatic carbocycles. The van der Waals surface area contributed by atoms with Crippen LogP contribution in [0.25, 0.3) is 6.08 Å². The van der Waals surface area contributed by atoms with E-state index in [2.05, 4.69) is 67.2 Å². The van der Waals surface area contributed by atoms with Gasteiger partial charge in [0.1, 0.15) is 0 Å². The van der Waals surface area contributed by atoms with Crippen LogP contribution in [0, 0.1) is 0 Å². The van der Waals surface area contributed by atoms with Gasteiger partial charge in [-0.3, -0.25) is 0 Å². The summed E-state index contributed by atoms with van der Waals surface area (Å²) in [5, 5.41) is 0.851. The lowest BCUT2D eigenvalue weighted by Gasteiger charge is -2.20. The maximum absolute atomic E-state index is 2.27. The van der Waals surface area contributed by atoms with E-state index in [0.29, 0.717) is 0 Å². The van der Waals surface area contributed by atoms with Crippen LogP contribution in [0.15, 0.2) is 35.2 Å². The lowest BCUT2D eigenvalue weighted by Crippen LogP contribution is -2.10. The molecular weight excluding hydrogens is 250 g/mol. The molecule has 0 aliphatic heterocycles. The van der Waals surface area contributed by atoms with E-state index in [4.69, 9.17) is 0 Å². The van der Waals surface area contributed by atoms with Gasteiger partial charge in [0.25, 0.3) is 0 Å². The van der Waals surface area contributed by atoms with Crippen LogP contribution in [0.1, 0.15) is 37.7 Å². The molecule has 1 aliphatic carbocycles. The molecule has 1 saturated carbocycles. The first-order valence-corrected chi connectivity index (χ1v) is 8.20. The highest BCUT2D eigenvalue weighted by atomic mass is 32.2. The summed E-state index contributed by atoms with van der Waals surface area (Å²) in [5.74, 6) is 0. The van der Waals surface area contributed by atoms with Gasteiger partial charge in [0.2, 0.25) is 0 Å². The first-order chi connectivity index (χ1) is 9.24. The van der Waals surface area contributed by atoms with Gasteiger partial charge < -0.3 is 4.90 Å². The second kappa shape index (κ2) is 7.76. The summed E-state index contributed by atoms with van der Waals surface area (Å²) in [6.07, 6.45) is 11.5. The molecule has 0 heterocycles. The molecule has 0 amide bonds. The predicted octanol–water partition coefficient (Wildman–Crippen LogP) is 4.69. The number of nitrogens with zero attached hydrogens (tertiary/aromatic N) is 1. The molecule has 0 saturated heterocycles. The zero-order valence-corrected chi connectivity index (χ0v) is 13.0. The Morgan fingerprint density at radius 1 is 1.11 bits per heavy atom. The quantitative estimate of drug-likeness (QED) is 0.767. The smallest absolute Gasteiger partial charge is 0.0160 e. The van der Waals surface area contributed by atoms with E-state index in [-0.39, 0.29) is 0 Å². The molecule has 0 unspecified atom stereocenters. The van der Waals surface area contributed by atoms with E-state index in [9.17, 15) is 0 Å². The molecule has 1 aromatic rings. The van der Waals surface area contributed by atoms with Crippen LogP contribution in [-0.4, -0.2) is 30.8 Å². The maximum atomic E-state index is 2.27. The first-order valence-electron chi connectivity index (χ1n) is 7.32. The fourth-order valence-electron chi connectivity index (χ4n) is 2.43. The van der Waals surface area contributed by atoms with Crippen LogP contribution in [0.2, 0.25) is 0 Å². The molecule has 2 rings (SSSR count). The van der Waals surface area contributed by atoms with Crippen LogP contribution in [-0.2, 0) is 0 Å². The van der Waals surface area contributed by atoms with Gasteiger partial charge in [-0.15, -0.1) is 11.8 Å². The maximum Gasteiger partial charge on any atom is 0.0160 e. The summed E-state index contributed by atoms with van der Waals surface area (Å²) in [4.78, 5) is 3.60. The minimum absolute atomic E-state index is 0.851. The van der Waals surface area contributed by atoms with Gasteiger partial charge in [-0.1, -0.05) is 43.5 Å². The Balaban J connectivity index is 1.85.